The van der Waals surface area contributed by atoms with Crippen molar-refractivity contribution in [3.8, 4) is 22.5 Å². The van der Waals surface area contributed by atoms with Gasteiger partial charge in [0.1, 0.15) is 0 Å². The Kier molecular flexibility index (Phi) is 5.00. The number of hydrogen-bond donors (Lipinski definition) is 1. The van der Waals surface area contributed by atoms with Gasteiger partial charge in [-0.05, 0) is 40.8 Å². The van der Waals surface area contributed by atoms with E-state index < -0.39 is 0 Å². The molecule has 0 atom stereocenters. The van der Waals surface area contributed by atoms with Gasteiger partial charge in [-0.2, -0.15) is 10.3 Å². The Hall–Kier alpha value is -3.87. The minimum Gasteiger partial charge on any atom is -0.237 e. The van der Waals surface area contributed by atoms with Crippen molar-refractivity contribution in [2.45, 2.75) is 33.1 Å². The van der Waals surface area contributed by atoms with E-state index in [9.17, 15) is 0 Å². The summed E-state index contributed by atoms with van der Waals surface area (Å²) in [6, 6.07) is 18.8. The fourth-order valence-electron chi connectivity index (χ4n) is 4.03. The summed E-state index contributed by atoms with van der Waals surface area (Å²) >= 11 is 0. The summed E-state index contributed by atoms with van der Waals surface area (Å²) in [5.74, 6) is 0.594. The lowest BCUT2D eigenvalue weighted by atomic mass is 9.96. The van der Waals surface area contributed by atoms with Crippen LogP contribution >= 0.6 is 0 Å². The van der Waals surface area contributed by atoms with Crippen LogP contribution in [0.25, 0.3) is 28.2 Å². The van der Waals surface area contributed by atoms with Gasteiger partial charge in [-0.25, -0.2) is 9.50 Å². The molecule has 7 nitrogen and oxygen atoms in total. The van der Waals surface area contributed by atoms with E-state index in [1.165, 1.54) is 16.8 Å². The molecule has 3 heterocycles. The van der Waals surface area contributed by atoms with Crippen molar-refractivity contribution in [2.75, 3.05) is 0 Å². The normalized spacial score (nSPS) is 11.3. The Bertz CT molecular complexity index is 1320. The Balaban J connectivity index is 1.49. The molecule has 154 valence electrons. The molecular formula is C24H23N7. The molecule has 0 aliphatic carbocycles. The fraction of sp³-hybridized carbons (Fsp3) is 0.208. The van der Waals surface area contributed by atoms with Crippen LogP contribution in [0.2, 0.25) is 0 Å². The lowest BCUT2D eigenvalue weighted by Crippen LogP contribution is -1.99. The van der Waals surface area contributed by atoms with Crippen LogP contribution in [0.3, 0.4) is 0 Å². The summed E-state index contributed by atoms with van der Waals surface area (Å²) in [4.78, 5) is 4.64. The zero-order valence-corrected chi connectivity index (χ0v) is 17.6. The van der Waals surface area contributed by atoms with Gasteiger partial charge in [0.2, 0.25) is 5.82 Å². The maximum Gasteiger partial charge on any atom is 0.205 e. The first-order valence-electron chi connectivity index (χ1n) is 10.5. The molecule has 0 bridgehead atoms. The highest BCUT2D eigenvalue weighted by Gasteiger charge is 2.15. The highest BCUT2D eigenvalue weighted by molar-refractivity contribution is 5.80. The van der Waals surface area contributed by atoms with Crippen molar-refractivity contribution in [2.24, 2.45) is 0 Å². The monoisotopic (exact) mass is 409 g/mol. The molecule has 1 N–H and O–H groups in total. The smallest absolute Gasteiger partial charge is 0.205 e. The van der Waals surface area contributed by atoms with E-state index in [0.29, 0.717) is 5.82 Å². The molecule has 5 aromatic rings. The maximum atomic E-state index is 4.83. The van der Waals surface area contributed by atoms with Gasteiger partial charge in [-0.3, -0.25) is 0 Å². The van der Waals surface area contributed by atoms with Crippen LogP contribution < -0.4 is 0 Å². The minimum atomic E-state index is 0.594. The third-order valence-electron chi connectivity index (χ3n) is 5.63. The van der Waals surface area contributed by atoms with Gasteiger partial charge in [-0.15, -0.1) is 10.2 Å². The molecular weight excluding hydrogens is 386 g/mol. The molecule has 0 aliphatic rings. The Labute approximate surface area is 180 Å². The van der Waals surface area contributed by atoms with Crippen molar-refractivity contribution < 1.29 is 0 Å². The van der Waals surface area contributed by atoms with E-state index in [2.05, 4.69) is 69.8 Å². The van der Waals surface area contributed by atoms with Gasteiger partial charge in [0.05, 0.1) is 5.69 Å². The predicted molar refractivity (Wildman–Crippen MR) is 120 cm³/mol. The number of benzene rings is 2. The lowest BCUT2D eigenvalue weighted by Gasteiger charge is -2.08. The van der Waals surface area contributed by atoms with Crippen LogP contribution in [0, 0.1) is 0 Å². The number of aryl methyl sites for hydroxylation is 2. The second kappa shape index (κ2) is 8.10. The number of fused-ring (bicyclic) bond motifs is 1. The third kappa shape index (κ3) is 3.48. The Morgan fingerprint density at radius 2 is 1.71 bits per heavy atom. The molecule has 3 aromatic heterocycles. The first kappa shape index (κ1) is 19.1. The summed E-state index contributed by atoms with van der Waals surface area (Å²) in [6.07, 6.45) is 4.51. The van der Waals surface area contributed by atoms with Gasteiger partial charge in [-0.1, -0.05) is 62.4 Å². The van der Waals surface area contributed by atoms with Crippen molar-refractivity contribution in [1.29, 1.82) is 0 Å². The first-order chi connectivity index (χ1) is 15.3. The highest BCUT2D eigenvalue weighted by Crippen LogP contribution is 2.30. The standard InChI is InChI=1S/C24H23N7/c1-3-18-13-14-25-24-21(22(4-2)28-31(18)24)15-16-9-11-17(12-10-16)19-7-5-6-8-20(19)23-26-29-30-27-23/h5-14H,3-4,15H2,1-2H3,(H,26,27,29,30). The molecule has 0 amide bonds. The molecule has 0 aliphatic heterocycles. The number of rotatable bonds is 6. The van der Waals surface area contributed by atoms with Crippen molar-refractivity contribution >= 4 is 5.65 Å². The summed E-state index contributed by atoms with van der Waals surface area (Å²) in [6.45, 7) is 4.29. The van der Waals surface area contributed by atoms with Crippen molar-refractivity contribution in [3.63, 3.8) is 0 Å². The number of H-pyrrole nitrogens is 1. The summed E-state index contributed by atoms with van der Waals surface area (Å²) in [7, 11) is 0. The Morgan fingerprint density at radius 3 is 2.42 bits per heavy atom. The zero-order chi connectivity index (χ0) is 21.2. The molecule has 31 heavy (non-hydrogen) atoms. The quantitative estimate of drug-likeness (QED) is 0.452. The highest BCUT2D eigenvalue weighted by atomic mass is 15.5. The number of nitrogens with zero attached hydrogens (tertiary/aromatic N) is 6. The number of aromatic nitrogens is 7. The van der Waals surface area contributed by atoms with Crippen LogP contribution in [0.15, 0.2) is 60.8 Å². The second-order valence-corrected chi connectivity index (χ2v) is 7.46. The SMILES string of the molecule is CCc1nn2c(CC)ccnc2c1Cc1ccc(-c2ccccc2-c2nn[nH]n2)cc1. The number of nitrogens with one attached hydrogen (secondary N) is 1. The van der Waals surface area contributed by atoms with Gasteiger partial charge in [0.25, 0.3) is 0 Å². The molecule has 0 spiro atoms. The number of aromatic amines is 1. The van der Waals surface area contributed by atoms with Gasteiger partial charge < -0.3 is 0 Å². The van der Waals surface area contributed by atoms with Gasteiger partial charge in [0.15, 0.2) is 5.65 Å². The fourth-order valence-corrected chi connectivity index (χ4v) is 4.03. The largest absolute Gasteiger partial charge is 0.237 e. The second-order valence-electron chi connectivity index (χ2n) is 7.46. The topological polar surface area (TPSA) is 84.6 Å². The summed E-state index contributed by atoms with van der Waals surface area (Å²) < 4.78 is 2.00. The number of hydrogen-bond acceptors (Lipinski definition) is 5. The van der Waals surface area contributed by atoms with Crippen LogP contribution in [-0.4, -0.2) is 35.2 Å². The molecule has 0 radical (unpaired) electrons. The molecule has 7 heteroatoms. The van der Waals surface area contributed by atoms with Crippen molar-refractivity contribution in [1.82, 2.24) is 35.2 Å². The zero-order valence-electron chi connectivity index (χ0n) is 17.6. The Morgan fingerprint density at radius 1 is 0.903 bits per heavy atom. The average molecular weight is 409 g/mol. The average Bonchev–Trinajstić information content (AvgIpc) is 3.48. The van der Waals surface area contributed by atoms with E-state index >= 15 is 0 Å². The minimum absolute atomic E-state index is 0.594. The van der Waals surface area contributed by atoms with Crippen LogP contribution in [0.1, 0.15) is 36.4 Å². The summed E-state index contributed by atoms with van der Waals surface area (Å²) in [5.41, 5.74) is 8.84. The van der Waals surface area contributed by atoms with E-state index in [1.54, 1.807) is 0 Å². The molecule has 0 fully saturated rings. The molecule has 2 aromatic carbocycles. The lowest BCUT2D eigenvalue weighted by molar-refractivity contribution is 0.822. The molecule has 0 saturated heterocycles. The van der Waals surface area contributed by atoms with Gasteiger partial charge in [0, 0.05) is 29.4 Å². The van der Waals surface area contributed by atoms with Crippen molar-refractivity contribution in [3.05, 3.63) is 83.3 Å². The first-order valence-corrected chi connectivity index (χ1v) is 10.5. The molecule has 0 unspecified atom stereocenters. The van der Waals surface area contributed by atoms with Crippen LogP contribution in [0.4, 0.5) is 0 Å². The van der Waals surface area contributed by atoms with E-state index in [-0.39, 0.29) is 0 Å². The van der Waals surface area contributed by atoms with Crippen LogP contribution in [-0.2, 0) is 19.3 Å². The maximum absolute atomic E-state index is 4.83. The third-order valence-corrected chi connectivity index (χ3v) is 5.63. The predicted octanol–water partition coefficient (Wildman–Crippen LogP) is 4.29. The molecule has 0 saturated carbocycles. The van der Waals surface area contributed by atoms with Gasteiger partial charge >= 0.3 is 0 Å². The number of tetrazole rings is 1. The van der Waals surface area contributed by atoms with E-state index in [1.807, 2.05) is 35.0 Å². The van der Waals surface area contributed by atoms with E-state index in [4.69, 9.17) is 5.10 Å². The van der Waals surface area contributed by atoms with Crippen LogP contribution in [0.5, 0.6) is 0 Å². The summed E-state index contributed by atoms with van der Waals surface area (Å²) in [5, 5.41) is 19.3. The molecule has 5 rings (SSSR count). The van der Waals surface area contributed by atoms with E-state index in [0.717, 1.165) is 47.3 Å².